The SMILES string of the molecule is CC1CCN(C(=S)Nc2ccc3nc(-c4ccccn4)c(-c4ccccn4)nc3c2)CC1. The number of thiocarbonyl (C=S) groups is 1. The number of nitrogens with one attached hydrogen (secondary N) is 1. The minimum absolute atomic E-state index is 0.710. The number of hydrogen-bond donors (Lipinski definition) is 1. The molecule has 1 aromatic carbocycles. The molecule has 0 atom stereocenters. The minimum atomic E-state index is 0.710. The maximum atomic E-state index is 5.66. The standard InChI is InChI=1S/C25H24N6S/c1-17-10-14-31(15-11-17)25(32)28-18-8-9-19-22(16-18)30-24(21-7-3-5-13-27-21)23(29-19)20-6-2-4-12-26-20/h2-9,12-13,16-17H,10-11,14-15H2,1H3,(H,28,32). The normalized spacial score (nSPS) is 14.5. The van der Waals surface area contributed by atoms with Crippen LogP contribution in [-0.4, -0.2) is 43.0 Å². The third kappa shape index (κ3) is 4.29. The first-order valence-corrected chi connectivity index (χ1v) is 11.3. The molecule has 4 heterocycles. The average Bonchev–Trinajstić information content (AvgIpc) is 2.84. The highest BCUT2D eigenvalue weighted by Crippen LogP contribution is 2.29. The van der Waals surface area contributed by atoms with Crippen LogP contribution in [0.3, 0.4) is 0 Å². The Balaban J connectivity index is 1.51. The van der Waals surface area contributed by atoms with Gasteiger partial charge in [-0.15, -0.1) is 0 Å². The third-order valence-electron chi connectivity index (χ3n) is 5.80. The second kappa shape index (κ2) is 8.96. The van der Waals surface area contributed by atoms with Crippen LogP contribution in [0, 0.1) is 5.92 Å². The first kappa shape index (κ1) is 20.5. The van der Waals surface area contributed by atoms with Gasteiger partial charge in [0.15, 0.2) is 5.11 Å². The van der Waals surface area contributed by atoms with E-state index in [-0.39, 0.29) is 0 Å². The summed E-state index contributed by atoms with van der Waals surface area (Å²) >= 11 is 5.66. The van der Waals surface area contributed by atoms with E-state index >= 15 is 0 Å². The molecule has 1 N–H and O–H groups in total. The van der Waals surface area contributed by atoms with E-state index in [0.29, 0.717) is 5.69 Å². The highest BCUT2D eigenvalue weighted by atomic mass is 32.1. The molecule has 0 unspecified atom stereocenters. The quantitative estimate of drug-likeness (QED) is 0.440. The number of rotatable bonds is 3. The first-order valence-electron chi connectivity index (χ1n) is 10.9. The van der Waals surface area contributed by atoms with E-state index in [4.69, 9.17) is 22.2 Å². The zero-order valence-corrected chi connectivity index (χ0v) is 18.7. The molecule has 1 aliphatic heterocycles. The molecule has 1 saturated heterocycles. The Morgan fingerprint density at radius 2 is 1.50 bits per heavy atom. The van der Waals surface area contributed by atoms with Gasteiger partial charge in [0.2, 0.25) is 0 Å². The summed E-state index contributed by atoms with van der Waals surface area (Å²) in [5, 5.41) is 4.15. The molecule has 160 valence electrons. The van der Waals surface area contributed by atoms with E-state index in [2.05, 4.69) is 27.1 Å². The summed E-state index contributed by atoms with van der Waals surface area (Å²) in [6.07, 6.45) is 5.88. The van der Waals surface area contributed by atoms with Gasteiger partial charge in [0.05, 0.1) is 22.4 Å². The van der Waals surface area contributed by atoms with E-state index in [9.17, 15) is 0 Å². The van der Waals surface area contributed by atoms with Gasteiger partial charge in [-0.25, -0.2) is 9.97 Å². The molecule has 0 bridgehead atoms. The van der Waals surface area contributed by atoms with E-state index in [1.807, 2.05) is 54.6 Å². The Hall–Kier alpha value is -3.45. The zero-order chi connectivity index (χ0) is 21.9. The van der Waals surface area contributed by atoms with Gasteiger partial charge in [-0.1, -0.05) is 19.1 Å². The molecule has 0 saturated carbocycles. The molecular weight excluding hydrogens is 416 g/mol. The largest absolute Gasteiger partial charge is 0.349 e. The Labute approximate surface area is 192 Å². The van der Waals surface area contributed by atoms with Crippen molar-refractivity contribution in [3.05, 3.63) is 67.0 Å². The van der Waals surface area contributed by atoms with Gasteiger partial charge in [0.25, 0.3) is 0 Å². The second-order valence-corrected chi connectivity index (χ2v) is 8.54. The Kier molecular flexibility index (Phi) is 5.73. The summed E-state index contributed by atoms with van der Waals surface area (Å²) < 4.78 is 0. The van der Waals surface area contributed by atoms with Gasteiger partial charge < -0.3 is 10.2 Å². The second-order valence-electron chi connectivity index (χ2n) is 8.15. The Morgan fingerprint density at radius 3 is 2.09 bits per heavy atom. The summed E-state index contributed by atoms with van der Waals surface area (Å²) in [6, 6.07) is 17.5. The molecule has 0 aliphatic carbocycles. The van der Waals surface area contributed by atoms with Gasteiger partial charge >= 0.3 is 0 Å². The number of likely N-dealkylation sites (tertiary alicyclic amines) is 1. The number of benzene rings is 1. The van der Waals surface area contributed by atoms with Crippen molar-refractivity contribution in [2.75, 3.05) is 18.4 Å². The van der Waals surface area contributed by atoms with Crippen molar-refractivity contribution in [1.82, 2.24) is 24.8 Å². The van der Waals surface area contributed by atoms with Gasteiger partial charge in [-0.2, -0.15) is 0 Å². The fourth-order valence-corrected chi connectivity index (χ4v) is 4.21. The van der Waals surface area contributed by atoms with Crippen molar-refractivity contribution in [2.45, 2.75) is 19.8 Å². The lowest BCUT2D eigenvalue weighted by Crippen LogP contribution is -2.40. The molecule has 0 radical (unpaired) electrons. The predicted molar refractivity (Wildman–Crippen MR) is 132 cm³/mol. The fraction of sp³-hybridized carbons (Fsp3) is 0.240. The number of pyridine rings is 2. The average molecular weight is 441 g/mol. The number of aromatic nitrogens is 4. The molecule has 4 aromatic rings. The van der Waals surface area contributed by atoms with Crippen LogP contribution in [0.2, 0.25) is 0 Å². The van der Waals surface area contributed by atoms with Gasteiger partial charge in [0, 0.05) is 31.2 Å². The maximum Gasteiger partial charge on any atom is 0.173 e. The molecule has 3 aromatic heterocycles. The van der Waals surface area contributed by atoms with Crippen molar-refractivity contribution < 1.29 is 0 Å². The lowest BCUT2D eigenvalue weighted by atomic mass is 10.00. The third-order valence-corrected chi connectivity index (χ3v) is 6.16. The van der Waals surface area contributed by atoms with Crippen LogP contribution in [0.4, 0.5) is 5.69 Å². The summed E-state index contributed by atoms with van der Waals surface area (Å²) in [5.74, 6) is 0.767. The smallest absolute Gasteiger partial charge is 0.173 e. The van der Waals surface area contributed by atoms with Gasteiger partial charge in [0.1, 0.15) is 11.4 Å². The summed E-state index contributed by atoms with van der Waals surface area (Å²) in [5.41, 5.74) is 5.45. The predicted octanol–water partition coefficient (Wildman–Crippen LogP) is 5.18. The van der Waals surface area contributed by atoms with Crippen LogP contribution >= 0.6 is 12.2 Å². The Bertz CT molecular complexity index is 1240. The van der Waals surface area contributed by atoms with Crippen molar-refractivity contribution >= 4 is 34.1 Å². The van der Waals surface area contributed by atoms with Crippen LogP contribution < -0.4 is 5.32 Å². The molecule has 0 amide bonds. The van der Waals surface area contributed by atoms with Crippen LogP contribution in [0.15, 0.2) is 67.0 Å². The van der Waals surface area contributed by atoms with E-state index < -0.39 is 0 Å². The topological polar surface area (TPSA) is 66.8 Å². The monoisotopic (exact) mass is 440 g/mol. The number of nitrogens with zero attached hydrogens (tertiary/aromatic N) is 5. The molecule has 32 heavy (non-hydrogen) atoms. The Morgan fingerprint density at radius 1 is 0.875 bits per heavy atom. The molecule has 6 nitrogen and oxygen atoms in total. The lowest BCUT2D eigenvalue weighted by Gasteiger charge is -2.32. The number of fused-ring (bicyclic) bond motifs is 1. The number of anilines is 1. The van der Waals surface area contributed by atoms with Gasteiger partial charge in [-0.3, -0.25) is 9.97 Å². The molecule has 7 heteroatoms. The molecule has 1 aliphatic rings. The van der Waals surface area contributed by atoms with Crippen molar-refractivity contribution in [1.29, 1.82) is 0 Å². The zero-order valence-electron chi connectivity index (χ0n) is 17.9. The van der Waals surface area contributed by atoms with Crippen LogP contribution in [0.1, 0.15) is 19.8 Å². The minimum Gasteiger partial charge on any atom is -0.349 e. The summed E-state index contributed by atoms with van der Waals surface area (Å²) in [4.78, 5) is 21.1. The van der Waals surface area contributed by atoms with Crippen LogP contribution in [-0.2, 0) is 0 Å². The highest BCUT2D eigenvalue weighted by molar-refractivity contribution is 7.80. The van der Waals surface area contributed by atoms with E-state index in [1.54, 1.807) is 12.4 Å². The maximum absolute atomic E-state index is 5.66. The molecule has 5 rings (SSSR count). The van der Waals surface area contributed by atoms with E-state index in [0.717, 1.165) is 57.9 Å². The van der Waals surface area contributed by atoms with Crippen molar-refractivity contribution in [2.24, 2.45) is 5.92 Å². The molecule has 1 fully saturated rings. The van der Waals surface area contributed by atoms with Gasteiger partial charge in [-0.05, 0) is 73.4 Å². The number of piperidine rings is 1. The fourth-order valence-electron chi connectivity index (χ4n) is 3.91. The van der Waals surface area contributed by atoms with Crippen molar-refractivity contribution in [3.8, 4) is 22.8 Å². The highest BCUT2D eigenvalue weighted by Gasteiger charge is 2.19. The van der Waals surface area contributed by atoms with Crippen LogP contribution in [0.25, 0.3) is 33.8 Å². The van der Waals surface area contributed by atoms with E-state index in [1.165, 1.54) is 12.8 Å². The van der Waals surface area contributed by atoms with Crippen molar-refractivity contribution in [3.63, 3.8) is 0 Å². The molecular formula is C25H24N6S. The first-order chi connectivity index (χ1) is 15.7. The molecule has 0 spiro atoms. The summed E-state index contributed by atoms with van der Waals surface area (Å²) in [6.45, 7) is 4.30. The summed E-state index contributed by atoms with van der Waals surface area (Å²) in [7, 11) is 0. The van der Waals surface area contributed by atoms with Crippen LogP contribution in [0.5, 0.6) is 0 Å². The lowest BCUT2D eigenvalue weighted by molar-refractivity contribution is 0.283. The number of hydrogen-bond acceptors (Lipinski definition) is 5.